The van der Waals surface area contributed by atoms with E-state index in [0.29, 0.717) is 29.7 Å². The normalized spacial score (nSPS) is 26.4. The Balaban J connectivity index is 1.32. The molecule has 0 spiro atoms. The lowest BCUT2D eigenvalue weighted by Gasteiger charge is -2.29. The first-order chi connectivity index (χ1) is 13.2. The van der Waals surface area contributed by atoms with Gasteiger partial charge in [0.25, 0.3) is 0 Å². The van der Waals surface area contributed by atoms with Gasteiger partial charge in [0.05, 0.1) is 17.8 Å². The van der Waals surface area contributed by atoms with Crippen LogP contribution in [0.3, 0.4) is 0 Å². The lowest BCUT2D eigenvalue weighted by molar-refractivity contribution is 0.0697. The minimum absolute atomic E-state index is 0.350. The van der Waals surface area contributed by atoms with Crippen molar-refractivity contribution in [2.24, 2.45) is 5.92 Å². The lowest BCUT2D eigenvalue weighted by atomic mass is 9.81. The zero-order valence-corrected chi connectivity index (χ0v) is 15.5. The fraction of sp³-hybridized carbons (Fsp3) is 0.435. The first-order valence-electron chi connectivity index (χ1n) is 9.96. The summed E-state index contributed by atoms with van der Waals surface area (Å²) < 4.78 is 6.20. The number of ether oxygens (including phenoxy) is 1. The van der Waals surface area contributed by atoms with Gasteiger partial charge in [-0.2, -0.15) is 0 Å². The summed E-state index contributed by atoms with van der Waals surface area (Å²) in [6.45, 7) is 0.977. The van der Waals surface area contributed by atoms with Gasteiger partial charge in [0, 0.05) is 12.0 Å². The van der Waals surface area contributed by atoms with Gasteiger partial charge in [-0.15, -0.1) is 0 Å². The van der Waals surface area contributed by atoms with E-state index in [-0.39, 0.29) is 0 Å². The highest BCUT2D eigenvalue weighted by Gasteiger charge is 2.48. The van der Waals surface area contributed by atoms with Crippen molar-refractivity contribution in [3.63, 3.8) is 0 Å². The number of carbonyl (C=O) groups is 1. The van der Waals surface area contributed by atoms with E-state index >= 15 is 0 Å². The molecule has 2 aromatic rings. The van der Waals surface area contributed by atoms with E-state index in [2.05, 4.69) is 35.6 Å². The topological polar surface area (TPSA) is 58.6 Å². The molecule has 2 aliphatic rings. The summed E-state index contributed by atoms with van der Waals surface area (Å²) >= 11 is 0. The second-order valence-electron chi connectivity index (χ2n) is 7.71. The van der Waals surface area contributed by atoms with E-state index in [1.807, 2.05) is 12.1 Å². The summed E-state index contributed by atoms with van der Waals surface area (Å²) in [4.78, 5) is 11.0. The molecule has 0 saturated carbocycles. The van der Waals surface area contributed by atoms with E-state index in [1.165, 1.54) is 17.5 Å². The number of nitrogens with one attached hydrogen (secondary N) is 1. The fourth-order valence-electron chi connectivity index (χ4n) is 4.60. The van der Waals surface area contributed by atoms with Gasteiger partial charge in [-0.3, -0.25) is 0 Å². The van der Waals surface area contributed by atoms with Crippen molar-refractivity contribution in [3.8, 4) is 0 Å². The molecule has 0 aliphatic carbocycles. The van der Waals surface area contributed by atoms with Crippen LogP contribution >= 0.6 is 0 Å². The molecule has 2 saturated heterocycles. The monoisotopic (exact) mass is 365 g/mol. The van der Waals surface area contributed by atoms with Gasteiger partial charge in [-0.1, -0.05) is 42.5 Å². The number of aryl methyl sites for hydroxylation is 1. The molecule has 2 N–H and O–H groups in total. The minimum Gasteiger partial charge on any atom is -0.478 e. The van der Waals surface area contributed by atoms with Crippen molar-refractivity contribution < 1.29 is 14.6 Å². The Bertz CT molecular complexity index is 759. The van der Waals surface area contributed by atoms with Gasteiger partial charge >= 0.3 is 5.97 Å². The zero-order valence-electron chi connectivity index (χ0n) is 15.5. The number of rotatable bonds is 8. The Morgan fingerprint density at radius 1 is 0.963 bits per heavy atom. The first-order valence-corrected chi connectivity index (χ1v) is 9.96. The molecule has 4 atom stereocenters. The molecule has 2 aliphatic heterocycles. The van der Waals surface area contributed by atoms with Crippen molar-refractivity contribution in [2.45, 2.75) is 50.4 Å². The van der Waals surface area contributed by atoms with Crippen LogP contribution in [-0.2, 0) is 17.6 Å². The number of fused-ring (bicyclic) bond motifs is 2. The fourth-order valence-corrected chi connectivity index (χ4v) is 4.60. The Morgan fingerprint density at radius 3 is 2.41 bits per heavy atom. The number of carboxylic acid groups (broad SMARTS) is 1. The molecule has 4 rings (SSSR count). The zero-order chi connectivity index (χ0) is 18.6. The Kier molecular flexibility index (Phi) is 5.55. The van der Waals surface area contributed by atoms with Crippen LogP contribution in [0.25, 0.3) is 0 Å². The van der Waals surface area contributed by atoms with Crippen LogP contribution < -0.4 is 5.32 Å². The number of aromatic carboxylic acids is 1. The standard InChI is InChI=1S/C23H27NO3/c25-23(26)18-9-6-17(7-10-18)8-11-19-20-12-13-21(27-20)22(19)24-15-14-16-4-2-1-3-5-16/h1-7,9-10,19-22,24H,8,11-15H2,(H,25,26). The summed E-state index contributed by atoms with van der Waals surface area (Å²) in [6, 6.07) is 18.3. The number of carboxylic acids is 1. The third-order valence-electron chi connectivity index (χ3n) is 6.03. The summed E-state index contributed by atoms with van der Waals surface area (Å²) in [5.74, 6) is -0.329. The van der Waals surface area contributed by atoms with E-state index in [0.717, 1.165) is 32.2 Å². The minimum atomic E-state index is -0.870. The molecule has 0 amide bonds. The second-order valence-corrected chi connectivity index (χ2v) is 7.71. The maximum Gasteiger partial charge on any atom is 0.335 e. The maximum absolute atomic E-state index is 11.0. The number of hydrogen-bond acceptors (Lipinski definition) is 3. The average molecular weight is 365 g/mol. The van der Waals surface area contributed by atoms with Crippen molar-refractivity contribution >= 4 is 5.97 Å². The smallest absolute Gasteiger partial charge is 0.335 e. The molecule has 4 heteroatoms. The SMILES string of the molecule is O=C(O)c1ccc(CCC2C3CCC(O3)C2NCCc2ccccc2)cc1. The van der Waals surface area contributed by atoms with Gasteiger partial charge in [0.1, 0.15) is 0 Å². The highest BCUT2D eigenvalue weighted by atomic mass is 16.5. The van der Waals surface area contributed by atoms with Crippen molar-refractivity contribution in [3.05, 3.63) is 71.3 Å². The molecular formula is C23H27NO3. The van der Waals surface area contributed by atoms with Gasteiger partial charge < -0.3 is 15.2 Å². The third-order valence-corrected chi connectivity index (χ3v) is 6.03. The third kappa shape index (κ3) is 4.23. The maximum atomic E-state index is 11.0. The van der Waals surface area contributed by atoms with E-state index < -0.39 is 5.97 Å². The van der Waals surface area contributed by atoms with Crippen molar-refractivity contribution in [2.75, 3.05) is 6.54 Å². The highest BCUT2D eigenvalue weighted by molar-refractivity contribution is 5.87. The Labute approximate surface area is 160 Å². The largest absolute Gasteiger partial charge is 0.478 e. The molecule has 27 heavy (non-hydrogen) atoms. The van der Waals surface area contributed by atoms with Gasteiger partial charge in [-0.25, -0.2) is 4.79 Å². The molecule has 0 radical (unpaired) electrons. The number of benzene rings is 2. The predicted molar refractivity (Wildman–Crippen MR) is 105 cm³/mol. The van der Waals surface area contributed by atoms with Crippen LogP contribution in [0.2, 0.25) is 0 Å². The highest BCUT2D eigenvalue weighted by Crippen LogP contribution is 2.41. The van der Waals surface area contributed by atoms with Gasteiger partial charge in [0.2, 0.25) is 0 Å². The van der Waals surface area contributed by atoms with Gasteiger partial charge in [-0.05, 0) is 61.9 Å². The predicted octanol–water partition coefficient (Wildman–Crippen LogP) is 3.70. The van der Waals surface area contributed by atoms with Crippen LogP contribution in [0, 0.1) is 5.92 Å². The van der Waals surface area contributed by atoms with E-state index in [9.17, 15) is 4.79 Å². The molecule has 0 aromatic heterocycles. The summed E-state index contributed by atoms with van der Waals surface area (Å²) in [5, 5.41) is 12.8. The lowest BCUT2D eigenvalue weighted by Crippen LogP contribution is -2.45. The molecule has 142 valence electrons. The van der Waals surface area contributed by atoms with E-state index in [4.69, 9.17) is 9.84 Å². The average Bonchev–Trinajstić information content (AvgIpc) is 3.29. The summed E-state index contributed by atoms with van der Waals surface area (Å²) in [6.07, 6.45) is 6.15. The second kappa shape index (κ2) is 8.24. The summed E-state index contributed by atoms with van der Waals surface area (Å²) in [5.41, 5.74) is 2.91. The Hall–Kier alpha value is -2.17. The Morgan fingerprint density at radius 2 is 1.67 bits per heavy atom. The van der Waals surface area contributed by atoms with Crippen LogP contribution in [-0.4, -0.2) is 35.9 Å². The molecular weight excluding hydrogens is 338 g/mol. The van der Waals surface area contributed by atoms with Crippen molar-refractivity contribution in [1.82, 2.24) is 5.32 Å². The molecule has 4 nitrogen and oxygen atoms in total. The van der Waals surface area contributed by atoms with Gasteiger partial charge in [0.15, 0.2) is 0 Å². The molecule has 2 fully saturated rings. The van der Waals surface area contributed by atoms with Crippen molar-refractivity contribution in [1.29, 1.82) is 0 Å². The first kappa shape index (κ1) is 18.2. The number of hydrogen-bond donors (Lipinski definition) is 2. The van der Waals surface area contributed by atoms with Crippen LogP contribution in [0.15, 0.2) is 54.6 Å². The molecule has 2 aromatic carbocycles. The quantitative estimate of drug-likeness (QED) is 0.749. The molecule has 2 bridgehead atoms. The van der Waals surface area contributed by atoms with Crippen LogP contribution in [0.1, 0.15) is 40.7 Å². The summed E-state index contributed by atoms with van der Waals surface area (Å²) in [7, 11) is 0. The van der Waals surface area contributed by atoms with Crippen LogP contribution in [0.4, 0.5) is 0 Å². The molecule has 4 unspecified atom stereocenters. The molecule has 2 heterocycles. The van der Waals surface area contributed by atoms with Crippen LogP contribution in [0.5, 0.6) is 0 Å². The van der Waals surface area contributed by atoms with E-state index in [1.54, 1.807) is 12.1 Å².